The molecular weight excluding hydrogens is 156 g/mol. The molecule has 1 saturated heterocycles. The van der Waals surface area contributed by atoms with Crippen molar-refractivity contribution in [3.63, 3.8) is 0 Å². The molecule has 1 aliphatic rings. The molecule has 0 bridgehead atoms. The lowest BCUT2D eigenvalue weighted by Crippen LogP contribution is -2.31. The molecule has 0 saturated carbocycles. The van der Waals surface area contributed by atoms with Gasteiger partial charge in [-0.2, -0.15) is 12.6 Å². The Morgan fingerprint density at radius 2 is 2.09 bits per heavy atom. The molecule has 1 heterocycles. The molecule has 1 aliphatic heterocycles. The molecule has 1 fully saturated rings. The molecule has 2 atom stereocenters. The summed E-state index contributed by atoms with van der Waals surface area (Å²) in [5.74, 6) is 0.626. The van der Waals surface area contributed by atoms with Crippen molar-refractivity contribution in [1.29, 1.82) is 0 Å². The monoisotopic (exact) mass is 174 g/mol. The normalized spacial score (nSPS) is 28.9. The van der Waals surface area contributed by atoms with Gasteiger partial charge in [0.15, 0.2) is 0 Å². The van der Waals surface area contributed by atoms with Gasteiger partial charge in [-0.15, -0.1) is 0 Å². The molecule has 2 heteroatoms. The van der Waals surface area contributed by atoms with Crippen LogP contribution in [0.15, 0.2) is 0 Å². The molecule has 0 N–H and O–H groups in total. The first-order valence-electron chi connectivity index (χ1n) is 4.51. The Morgan fingerprint density at radius 1 is 1.36 bits per heavy atom. The third-order valence-corrected chi connectivity index (χ3v) is 3.21. The molecule has 1 rings (SSSR count). The number of hydrogen-bond donors (Lipinski definition) is 1. The Bertz CT molecular complexity index is 108. The third-order valence-electron chi connectivity index (χ3n) is 2.28. The molecular formula is C9H18OS. The summed E-state index contributed by atoms with van der Waals surface area (Å²) in [7, 11) is 0. The van der Waals surface area contributed by atoms with Gasteiger partial charge in [0, 0.05) is 11.9 Å². The van der Waals surface area contributed by atoms with E-state index >= 15 is 0 Å². The van der Waals surface area contributed by atoms with Gasteiger partial charge in [0.05, 0.1) is 6.10 Å². The average Bonchev–Trinajstić information content (AvgIpc) is 2.05. The van der Waals surface area contributed by atoms with Crippen LogP contribution < -0.4 is 0 Å². The van der Waals surface area contributed by atoms with Crippen molar-refractivity contribution in [3.05, 3.63) is 0 Å². The zero-order valence-electron chi connectivity index (χ0n) is 7.42. The van der Waals surface area contributed by atoms with Gasteiger partial charge in [-0.25, -0.2) is 0 Å². The van der Waals surface area contributed by atoms with Gasteiger partial charge in [0.2, 0.25) is 0 Å². The van der Waals surface area contributed by atoms with Gasteiger partial charge >= 0.3 is 0 Å². The van der Waals surface area contributed by atoms with E-state index in [1.807, 2.05) is 0 Å². The predicted molar refractivity (Wildman–Crippen MR) is 51.2 cm³/mol. The minimum atomic E-state index is 0.409. The van der Waals surface area contributed by atoms with Crippen LogP contribution in [-0.2, 0) is 4.74 Å². The molecule has 0 aromatic rings. The summed E-state index contributed by atoms with van der Waals surface area (Å²) in [6.45, 7) is 5.35. The first-order valence-corrected chi connectivity index (χ1v) is 5.03. The van der Waals surface area contributed by atoms with E-state index in [2.05, 4.69) is 26.5 Å². The van der Waals surface area contributed by atoms with Gasteiger partial charge in [-0.1, -0.05) is 13.8 Å². The van der Waals surface area contributed by atoms with Gasteiger partial charge < -0.3 is 4.74 Å². The van der Waals surface area contributed by atoms with Crippen LogP contribution in [0.4, 0.5) is 0 Å². The highest BCUT2D eigenvalue weighted by Crippen LogP contribution is 2.23. The fraction of sp³-hybridized carbons (Fsp3) is 1.00. The van der Waals surface area contributed by atoms with Crippen LogP contribution in [0.25, 0.3) is 0 Å². The van der Waals surface area contributed by atoms with Crippen LogP contribution in [0.3, 0.4) is 0 Å². The minimum absolute atomic E-state index is 0.409. The lowest BCUT2D eigenvalue weighted by Gasteiger charge is -2.29. The highest BCUT2D eigenvalue weighted by molar-refractivity contribution is 7.81. The van der Waals surface area contributed by atoms with Crippen LogP contribution in [0, 0.1) is 5.92 Å². The molecule has 0 spiro atoms. The molecule has 0 aromatic carbocycles. The Balaban J connectivity index is 2.32. The topological polar surface area (TPSA) is 9.23 Å². The number of hydrogen-bond acceptors (Lipinski definition) is 2. The molecule has 1 nitrogen and oxygen atoms in total. The van der Waals surface area contributed by atoms with Gasteiger partial charge in [-0.3, -0.25) is 0 Å². The summed E-state index contributed by atoms with van der Waals surface area (Å²) in [4.78, 5) is 0. The van der Waals surface area contributed by atoms with E-state index in [0.717, 1.165) is 6.61 Å². The third kappa shape index (κ3) is 2.68. The van der Waals surface area contributed by atoms with E-state index in [4.69, 9.17) is 4.74 Å². The average molecular weight is 174 g/mol. The Kier molecular flexibility index (Phi) is 3.73. The molecule has 2 unspecified atom stereocenters. The molecule has 0 radical (unpaired) electrons. The quantitative estimate of drug-likeness (QED) is 0.633. The van der Waals surface area contributed by atoms with E-state index in [1.54, 1.807) is 0 Å². The largest absolute Gasteiger partial charge is 0.377 e. The van der Waals surface area contributed by atoms with Gasteiger partial charge in [0.25, 0.3) is 0 Å². The maximum Gasteiger partial charge on any atom is 0.0693 e. The molecule has 11 heavy (non-hydrogen) atoms. The van der Waals surface area contributed by atoms with E-state index in [1.165, 1.54) is 19.3 Å². The highest BCUT2D eigenvalue weighted by atomic mass is 32.1. The summed E-state index contributed by atoms with van der Waals surface area (Å²) in [6.07, 6.45) is 4.16. The summed E-state index contributed by atoms with van der Waals surface area (Å²) in [6, 6.07) is 0. The van der Waals surface area contributed by atoms with Gasteiger partial charge in [0.1, 0.15) is 0 Å². The standard InChI is InChI=1S/C9H18OS/c1-7(2)9(11)8-5-3-4-6-10-8/h7-9,11H,3-6H2,1-2H3. The fourth-order valence-corrected chi connectivity index (χ4v) is 1.70. The van der Waals surface area contributed by atoms with Crippen molar-refractivity contribution in [1.82, 2.24) is 0 Å². The first kappa shape index (κ1) is 9.40. The first-order chi connectivity index (χ1) is 5.22. The van der Waals surface area contributed by atoms with Crippen LogP contribution >= 0.6 is 12.6 Å². The van der Waals surface area contributed by atoms with Crippen molar-refractivity contribution >= 4 is 12.6 Å². The SMILES string of the molecule is CC(C)C(S)C1CCCCO1. The second-order valence-corrected chi connectivity index (χ2v) is 4.24. The summed E-state index contributed by atoms with van der Waals surface area (Å²) >= 11 is 4.54. The molecule has 0 amide bonds. The molecule has 0 aromatic heterocycles. The minimum Gasteiger partial charge on any atom is -0.377 e. The Labute approximate surface area is 74.9 Å². The van der Waals surface area contributed by atoms with E-state index in [9.17, 15) is 0 Å². The fourth-order valence-electron chi connectivity index (χ4n) is 1.46. The lowest BCUT2D eigenvalue weighted by molar-refractivity contribution is 0.00894. The molecule has 0 aliphatic carbocycles. The number of rotatable bonds is 2. The van der Waals surface area contributed by atoms with Crippen LogP contribution in [0.2, 0.25) is 0 Å². The summed E-state index contributed by atoms with van der Waals surface area (Å²) < 4.78 is 5.62. The van der Waals surface area contributed by atoms with E-state index < -0.39 is 0 Å². The lowest BCUT2D eigenvalue weighted by atomic mass is 9.99. The number of thiol groups is 1. The Morgan fingerprint density at radius 3 is 2.55 bits per heavy atom. The van der Waals surface area contributed by atoms with E-state index in [-0.39, 0.29) is 0 Å². The summed E-state index contributed by atoms with van der Waals surface area (Å²) in [5.41, 5.74) is 0. The zero-order valence-corrected chi connectivity index (χ0v) is 8.31. The molecule has 66 valence electrons. The second kappa shape index (κ2) is 4.36. The van der Waals surface area contributed by atoms with Crippen molar-refractivity contribution in [3.8, 4) is 0 Å². The smallest absolute Gasteiger partial charge is 0.0693 e. The predicted octanol–water partition coefficient (Wildman–Crippen LogP) is 2.51. The van der Waals surface area contributed by atoms with Crippen molar-refractivity contribution in [2.75, 3.05) is 6.61 Å². The van der Waals surface area contributed by atoms with Crippen molar-refractivity contribution < 1.29 is 4.74 Å². The van der Waals surface area contributed by atoms with Crippen LogP contribution in [0.1, 0.15) is 33.1 Å². The van der Waals surface area contributed by atoms with Gasteiger partial charge in [-0.05, 0) is 25.2 Å². The second-order valence-electron chi connectivity index (χ2n) is 3.64. The maximum atomic E-state index is 5.62. The maximum absolute atomic E-state index is 5.62. The number of ether oxygens (including phenoxy) is 1. The Hall–Kier alpha value is 0.310. The van der Waals surface area contributed by atoms with Crippen molar-refractivity contribution in [2.45, 2.75) is 44.5 Å². The van der Waals surface area contributed by atoms with Crippen LogP contribution in [0.5, 0.6) is 0 Å². The van der Waals surface area contributed by atoms with Crippen molar-refractivity contribution in [2.24, 2.45) is 5.92 Å². The highest BCUT2D eigenvalue weighted by Gasteiger charge is 2.23. The van der Waals surface area contributed by atoms with Crippen LogP contribution in [-0.4, -0.2) is 18.0 Å². The summed E-state index contributed by atoms with van der Waals surface area (Å²) in [5, 5.41) is 0.426. The zero-order chi connectivity index (χ0) is 8.27. The van der Waals surface area contributed by atoms with E-state index in [0.29, 0.717) is 17.3 Å².